The molecule has 120 valence electrons. The fraction of sp³-hybridized carbons (Fsp3) is 0.150. The lowest BCUT2D eigenvalue weighted by atomic mass is 10.1. The molecule has 0 radical (unpaired) electrons. The molecule has 0 amide bonds. The average Bonchev–Trinajstić information content (AvgIpc) is 3.32. The van der Waals surface area contributed by atoms with Crippen molar-refractivity contribution in [3.05, 3.63) is 71.9 Å². The van der Waals surface area contributed by atoms with E-state index in [-0.39, 0.29) is 11.9 Å². The standard InChI is InChI=1S/C20H17NO3/c22-19(9-8-14-4-3-6-18-16(14)10-11-21-18)17-5-1-2-7-20(17)24-13-15-12-23-15/h1-11,15,21H,12-13H2/b9-8+. The number of hydrogen-bond donors (Lipinski definition) is 1. The summed E-state index contributed by atoms with van der Waals surface area (Å²) < 4.78 is 10.8. The van der Waals surface area contributed by atoms with Crippen LogP contribution in [-0.4, -0.2) is 30.1 Å². The maximum absolute atomic E-state index is 12.6. The van der Waals surface area contributed by atoms with E-state index in [9.17, 15) is 4.79 Å². The number of ketones is 1. The Morgan fingerprint density at radius 1 is 1.21 bits per heavy atom. The average molecular weight is 319 g/mol. The zero-order chi connectivity index (χ0) is 16.4. The molecule has 3 aromatic rings. The van der Waals surface area contributed by atoms with E-state index in [0.717, 1.165) is 23.1 Å². The van der Waals surface area contributed by atoms with Gasteiger partial charge in [-0.2, -0.15) is 0 Å². The molecule has 1 unspecified atom stereocenters. The zero-order valence-electron chi connectivity index (χ0n) is 13.1. The Kier molecular flexibility index (Phi) is 3.89. The predicted octanol–water partition coefficient (Wildman–Crippen LogP) is 3.84. The van der Waals surface area contributed by atoms with Gasteiger partial charge in [0.1, 0.15) is 18.5 Å². The van der Waals surface area contributed by atoms with Crippen LogP contribution in [0.1, 0.15) is 15.9 Å². The number of rotatable bonds is 6. The zero-order valence-corrected chi connectivity index (χ0v) is 13.1. The highest BCUT2D eigenvalue weighted by Gasteiger charge is 2.23. The summed E-state index contributed by atoms with van der Waals surface area (Å²) in [6.45, 7) is 1.22. The third kappa shape index (κ3) is 3.09. The number of para-hydroxylation sites is 1. The van der Waals surface area contributed by atoms with Crippen LogP contribution in [0.25, 0.3) is 17.0 Å². The van der Waals surface area contributed by atoms with Gasteiger partial charge in [0.25, 0.3) is 0 Å². The molecule has 1 N–H and O–H groups in total. The normalized spacial score (nSPS) is 16.6. The molecular formula is C20H17NO3. The number of carbonyl (C=O) groups excluding carboxylic acids is 1. The summed E-state index contributed by atoms with van der Waals surface area (Å²) in [6, 6.07) is 15.3. The summed E-state index contributed by atoms with van der Waals surface area (Å²) in [4.78, 5) is 15.7. The van der Waals surface area contributed by atoms with Gasteiger partial charge < -0.3 is 14.5 Å². The maximum atomic E-state index is 12.6. The van der Waals surface area contributed by atoms with Gasteiger partial charge in [-0.25, -0.2) is 0 Å². The second-order valence-corrected chi connectivity index (χ2v) is 5.75. The first-order valence-corrected chi connectivity index (χ1v) is 7.93. The van der Waals surface area contributed by atoms with Gasteiger partial charge in [0.05, 0.1) is 12.2 Å². The maximum Gasteiger partial charge on any atom is 0.189 e. The Balaban J connectivity index is 1.56. The third-order valence-corrected chi connectivity index (χ3v) is 4.02. The summed E-state index contributed by atoms with van der Waals surface area (Å²) in [5.41, 5.74) is 2.63. The van der Waals surface area contributed by atoms with Crippen molar-refractivity contribution in [3.63, 3.8) is 0 Å². The molecule has 4 heteroatoms. The van der Waals surface area contributed by atoms with E-state index in [2.05, 4.69) is 4.98 Å². The molecule has 2 heterocycles. The van der Waals surface area contributed by atoms with Gasteiger partial charge >= 0.3 is 0 Å². The smallest absolute Gasteiger partial charge is 0.189 e. The molecule has 1 aliphatic rings. The van der Waals surface area contributed by atoms with Crippen molar-refractivity contribution in [1.82, 2.24) is 4.98 Å². The third-order valence-electron chi connectivity index (χ3n) is 4.02. The van der Waals surface area contributed by atoms with Crippen molar-refractivity contribution in [2.45, 2.75) is 6.10 Å². The molecule has 1 saturated heterocycles. The van der Waals surface area contributed by atoms with E-state index < -0.39 is 0 Å². The van der Waals surface area contributed by atoms with Crippen molar-refractivity contribution in [3.8, 4) is 5.75 Å². The number of nitrogens with one attached hydrogen (secondary N) is 1. The quantitative estimate of drug-likeness (QED) is 0.427. The molecule has 4 nitrogen and oxygen atoms in total. The summed E-state index contributed by atoms with van der Waals surface area (Å²) in [5, 5.41) is 1.09. The molecule has 1 aromatic heterocycles. The van der Waals surface area contributed by atoms with Gasteiger partial charge in [0.2, 0.25) is 0 Å². The first-order chi connectivity index (χ1) is 11.8. The lowest BCUT2D eigenvalue weighted by Gasteiger charge is -2.08. The Bertz CT molecular complexity index is 906. The van der Waals surface area contributed by atoms with Crippen LogP contribution in [0, 0.1) is 0 Å². The SMILES string of the molecule is O=C(/C=C/c1cccc2[nH]ccc12)c1ccccc1OCC1CO1. The lowest BCUT2D eigenvalue weighted by molar-refractivity contribution is 0.104. The van der Waals surface area contributed by atoms with E-state index in [4.69, 9.17) is 9.47 Å². The predicted molar refractivity (Wildman–Crippen MR) is 93.3 cm³/mol. The van der Waals surface area contributed by atoms with E-state index in [1.807, 2.05) is 54.7 Å². The lowest BCUT2D eigenvalue weighted by Crippen LogP contribution is -2.07. The molecule has 24 heavy (non-hydrogen) atoms. The van der Waals surface area contributed by atoms with Crippen molar-refractivity contribution >= 4 is 22.8 Å². The highest BCUT2D eigenvalue weighted by atomic mass is 16.6. The van der Waals surface area contributed by atoms with Crippen LogP contribution in [0.3, 0.4) is 0 Å². The van der Waals surface area contributed by atoms with Gasteiger partial charge in [-0.05, 0) is 35.9 Å². The monoisotopic (exact) mass is 319 g/mol. The molecular weight excluding hydrogens is 302 g/mol. The molecule has 0 spiro atoms. The van der Waals surface area contributed by atoms with E-state index in [1.165, 1.54) is 0 Å². The minimum Gasteiger partial charge on any atom is -0.490 e. The van der Waals surface area contributed by atoms with E-state index in [0.29, 0.717) is 17.9 Å². The second kappa shape index (κ2) is 6.34. The fourth-order valence-corrected chi connectivity index (χ4v) is 2.65. The number of allylic oxidation sites excluding steroid dienone is 1. The number of fused-ring (bicyclic) bond motifs is 1. The number of ether oxygens (including phenoxy) is 2. The minimum atomic E-state index is -0.0742. The topological polar surface area (TPSA) is 54.6 Å². The molecule has 4 rings (SSSR count). The van der Waals surface area contributed by atoms with Crippen molar-refractivity contribution in [2.24, 2.45) is 0 Å². The van der Waals surface area contributed by atoms with Crippen LogP contribution >= 0.6 is 0 Å². The van der Waals surface area contributed by atoms with Crippen LogP contribution in [0.2, 0.25) is 0 Å². The van der Waals surface area contributed by atoms with Crippen molar-refractivity contribution < 1.29 is 14.3 Å². The Hall–Kier alpha value is -2.85. The Labute approximate surface area is 139 Å². The molecule has 1 aliphatic heterocycles. The summed E-state index contributed by atoms with van der Waals surface area (Å²) in [6.07, 6.45) is 5.50. The largest absolute Gasteiger partial charge is 0.490 e. The number of hydrogen-bond acceptors (Lipinski definition) is 3. The van der Waals surface area contributed by atoms with Gasteiger partial charge in [0, 0.05) is 17.1 Å². The highest BCUT2D eigenvalue weighted by molar-refractivity contribution is 6.09. The van der Waals surface area contributed by atoms with Crippen LogP contribution in [-0.2, 0) is 4.74 Å². The van der Waals surface area contributed by atoms with Crippen molar-refractivity contribution in [2.75, 3.05) is 13.2 Å². The second-order valence-electron chi connectivity index (χ2n) is 5.75. The van der Waals surface area contributed by atoms with Crippen LogP contribution in [0.4, 0.5) is 0 Å². The molecule has 2 aromatic carbocycles. The van der Waals surface area contributed by atoms with E-state index in [1.54, 1.807) is 12.1 Å². The molecule has 0 bridgehead atoms. The van der Waals surface area contributed by atoms with Gasteiger partial charge in [-0.1, -0.05) is 30.3 Å². The number of epoxide rings is 1. The summed E-state index contributed by atoms with van der Waals surface area (Å²) in [7, 11) is 0. The number of carbonyl (C=O) groups is 1. The number of aromatic nitrogens is 1. The highest BCUT2D eigenvalue weighted by Crippen LogP contribution is 2.23. The number of H-pyrrole nitrogens is 1. The molecule has 1 fully saturated rings. The molecule has 0 aliphatic carbocycles. The first kappa shape index (κ1) is 14.7. The minimum absolute atomic E-state index is 0.0742. The number of benzene rings is 2. The summed E-state index contributed by atoms with van der Waals surface area (Å²) >= 11 is 0. The Morgan fingerprint density at radius 2 is 2.08 bits per heavy atom. The van der Waals surface area contributed by atoms with Gasteiger partial charge in [-0.3, -0.25) is 4.79 Å². The van der Waals surface area contributed by atoms with Crippen LogP contribution in [0.5, 0.6) is 5.75 Å². The molecule has 0 saturated carbocycles. The van der Waals surface area contributed by atoms with Gasteiger partial charge in [-0.15, -0.1) is 0 Å². The number of aromatic amines is 1. The summed E-state index contributed by atoms with van der Waals surface area (Å²) in [5.74, 6) is 0.525. The Morgan fingerprint density at radius 3 is 2.96 bits per heavy atom. The van der Waals surface area contributed by atoms with Crippen LogP contribution < -0.4 is 4.74 Å². The van der Waals surface area contributed by atoms with Gasteiger partial charge in [0.15, 0.2) is 5.78 Å². The van der Waals surface area contributed by atoms with Crippen LogP contribution in [0.15, 0.2) is 60.8 Å². The fourth-order valence-electron chi connectivity index (χ4n) is 2.65. The van der Waals surface area contributed by atoms with Crippen molar-refractivity contribution in [1.29, 1.82) is 0 Å². The van der Waals surface area contributed by atoms with E-state index >= 15 is 0 Å². The molecule has 1 atom stereocenters. The first-order valence-electron chi connectivity index (χ1n) is 7.93.